The number of nitrogens with one attached hydrogen (secondary N) is 1. The third kappa shape index (κ3) is 2.53. The van der Waals surface area contributed by atoms with Crippen molar-refractivity contribution < 1.29 is 14.5 Å². The lowest BCUT2D eigenvalue weighted by Crippen LogP contribution is -2.28. The van der Waals surface area contributed by atoms with Crippen LogP contribution in [0.4, 0.5) is 16.2 Å². The van der Waals surface area contributed by atoms with Gasteiger partial charge in [0, 0.05) is 18.7 Å². The lowest BCUT2D eigenvalue weighted by atomic mass is 10.1. The van der Waals surface area contributed by atoms with Crippen LogP contribution < -0.4 is 5.32 Å². The van der Waals surface area contributed by atoms with Crippen molar-refractivity contribution in [1.29, 1.82) is 0 Å². The molecule has 1 aliphatic rings. The second kappa shape index (κ2) is 5.27. The Morgan fingerprint density at radius 1 is 1.47 bits per heavy atom. The molecule has 2 amide bonds. The molecule has 1 aromatic rings. The van der Waals surface area contributed by atoms with E-state index in [1.807, 2.05) is 0 Å². The molecule has 0 radical (unpaired) electrons. The molecule has 0 bridgehead atoms. The molecule has 0 unspecified atom stereocenters. The van der Waals surface area contributed by atoms with Crippen LogP contribution in [0.25, 0.3) is 0 Å². The van der Waals surface area contributed by atoms with Crippen LogP contribution in [0.15, 0.2) is 18.2 Å². The summed E-state index contributed by atoms with van der Waals surface area (Å²) in [4.78, 5) is 34.6. The molecular formula is C11H11N3O4S. The first-order valence-electron chi connectivity index (χ1n) is 5.45. The second-order valence-electron chi connectivity index (χ2n) is 3.85. The van der Waals surface area contributed by atoms with Crippen molar-refractivity contribution in [2.24, 2.45) is 0 Å². The molecule has 1 saturated heterocycles. The van der Waals surface area contributed by atoms with Gasteiger partial charge < -0.3 is 5.32 Å². The molecule has 0 aromatic heterocycles. The minimum absolute atomic E-state index is 0.0442. The first-order valence-corrected chi connectivity index (χ1v) is 6.44. The van der Waals surface area contributed by atoms with Gasteiger partial charge in [-0.3, -0.25) is 24.6 Å². The molecule has 1 aromatic carbocycles. The molecule has 1 N–H and O–H groups in total. The zero-order valence-electron chi connectivity index (χ0n) is 10.1. The summed E-state index contributed by atoms with van der Waals surface area (Å²) in [6, 6.07) is 4.56. The van der Waals surface area contributed by atoms with E-state index in [0.717, 1.165) is 16.7 Å². The summed E-state index contributed by atoms with van der Waals surface area (Å²) in [5, 5.41) is 13.3. The van der Waals surface area contributed by atoms with Gasteiger partial charge in [0.05, 0.1) is 17.2 Å². The monoisotopic (exact) mass is 281 g/mol. The number of amides is 2. The summed E-state index contributed by atoms with van der Waals surface area (Å²) in [5.74, 6) is -0.147. The Hall–Kier alpha value is -2.09. The van der Waals surface area contributed by atoms with Crippen LogP contribution in [0, 0.1) is 10.1 Å². The third-order valence-electron chi connectivity index (χ3n) is 2.74. The molecule has 1 heterocycles. The van der Waals surface area contributed by atoms with Gasteiger partial charge in [-0.05, 0) is 0 Å². The summed E-state index contributed by atoms with van der Waals surface area (Å²) in [6.07, 6.45) is 0. The molecule has 1 fully saturated rings. The Bertz CT molecular complexity index is 545. The molecule has 7 nitrogen and oxygen atoms in total. The number of benzene rings is 1. The van der Waals surface area contributed by atoms with E-state index < -0.39 is 4.92 Å². The number of para-hydroxylation sites is 1. The number of thioether (sulfide) groups is 1. The number of carbonyl (C=O) groups is 2. The number of carbonyl (C=O) groups excluding carboxylic acids is 2. The van der Waals surface area contributed by atoms with Crippen LogP contribution >= 0.6 is 11.8 Å². The molecule has 0 atom stereocenters. The second-order valence-corrected chi connectivity index (χ2v) is 4.78. The lowest BCUT2D eigenvalue weighted by Gasteiger charge is -2.15. The molecule has 0 saturated carbocycles. The Morgan fingerprint density at radius 2 is 2.21 bits per heavy atom. The smallest absolute Gasteiger partial charge is 0.292 e. The zero-order valence-corrected chi connectivity index (χ0v) is 10.9. The minimum atomic E-state index is -0.502. The van der Waals surface area contributed by atoms with E-state index in [1.54, 1.807) is 13.1 Å². The summed E-state index contributed by atoms with van der Waals surface area (Å²) in [7, 11) is 1.56. The summed E-state index contributed by atoms with van der Waals surface area (Å²) in [5.41, 5.74) is 0.789. The highest BCUT2D eigenvalue weighted by atomic mass is 32.2. The highest BCUT2D eigenvalue weighted by Crippen LogP contribution is 2.30. The average molecular weight is 281 g/mol. The van der Waals surface area contributed by atoms with Gasteiger partial charge >= 0.3 is 0 Å². The first-order chi connectivity index (χ1) is 9.04. The number of rotatable bonds is 4. The van der Waals surface area contributed by atoms with Gasteiger partial charge in [-0.1, -0.05) is 23.9 Å². The standard InChI is InChI=1S/C11H11N3O4S/c1-12-10-7(3-2-4-8(10)14(17)18)5-13-9(15)6-19-11(13)16/h2-4,12H,5-6H2,1H3. The van der Waals surface area contributed by atoms with E-state index >= 15 is 0 Å². The largest absolute Gasteiger partial charge is 0.382 e. The van der Waals surface area contributed by atoms with Crippen molar-refractivity contribution >= 4 is 34.3 Å². The van der Waals surface area contributed by atoms with Gasteiger partial charge in [-0.25, -0.2) is 0 Å². The van der Waals surface area contributed by atoms with Crippen LogP contribution in [0.1, 0.15) is 5.56 Å². The Balaban J connectivity index is 2.35. The van der Waals surface area contributed by atoms with Crippen LogP contribution in [0.2, 0.25) is 0 Å². The number of nitrogens with zero attached hydrogens (tertiary/aromatic N) is 2. The number of anilines is 1. The Labute approximate surface area is 113 Å². The Kier molecular flexibility index (Phi) is 3.70. The number of nitro groups is 1. The average Bonchev–Trinajstić information content (AvgIpc) is 2.70. The fourth-order valence-corrected chi connectivity index (χ4v) is 2.59. The molecule has 1 aliphatic heterocycles. The Morgan fingerprint density at radius 3 is 2.74 bits per heavy atom. The molecular weight excluding hydrogens is 270 g/mol. The van der Waals surface area contributed by atoms with E-state index in [1.165, 1.54) is 12.1 Å². The predicted molar refractivity (Wildman–Crippen MR) is 71.0 cm³/mol. The van der Waals surface area contributed by atoms with E-state index in [4.69, 9.17) is 0 Å². The lowest BCUT2D eigenvalue weighted by molar-refractivity contribution is -0.384. The summed E-state index contributed by atoms with van der Waals surface area (Å²) in [6.45, 7) is 0.0442. The first kappa shape index (κ1) is 13.3. The van der Waals surface area contributed by atoms with Gasteiger partial charge in [0.1, 0.15) is 5.69 Å². The van der Waals surface area contributed by atoms with Gasteiger partial charge in [0.2, 0.25) is 5.91 Å². The molecule has 2 rings (SSSR count). The minimum Gasteiger partial charge on any atom is -0.382 e. The molecule has 8 heteroatoms. The van der Waals surface area contributed by atoms with Crippen molar-refractivity contribution in [2.75, 3.05) is 18.1 Å². The predicted octanol–water partition coefficient (Wildman–Crippen LogP) is 1.83. The fraction of sp³-hybridized carbons (Fsp3) is 0.273. The zero-order chi connectivity index (χ0) is 14.0. The van der Waals surface area contributed by atoms with Crippen molar-refractivity contribution in [2.45, 2.75) is 6.54 Å². The fourth-order valence-electron chi connectivity index (χ4n) is 1.86. The van der Waals surface area contributed by atoms with Gasteiger partial charge in [0.25, 0.3) is 10.9 Å². The van der Waals surface area contributed by atoms with E-state index in [0.29, 0.717) is 11.3 Å². The van der Waals surface area contributed by atoms with Gasteiger partial charge in [-0.15, -0.1) is 0 Å². The van der Waals surface area contributed by atoms with Crippen molar-refractivity contribution in [3.8, 4) is 0 Å². The molecule has 19 heavy (non-hydrogen) atoms. The van der Waals surface area contributed by atoms with E-state index in [2.05, 4.69) is 5.32 Å². The van der Waals surface area contributed by atoms with E-state index in [9.17, 15) is 19.7 Å². The van der Waals surface area contributed by atoms with E-state index in [-0.39, 0.29) is 29.1 Å². The van der Waals surface area contributed by atoms with Gasteiger partial charge in [-0.2, -0.15) is 0 Å². The maximum Gasteiger partial charge on any atom is 0.292 e. The number of imide groups is 1. The molecule has 0 aliphatic carbocycles. The van der Waals surface area contributed by atoms with Crippen LogP contribution in [-0.4, -0.2) is 33.8 Å². The van der Waals surface area contributed by atoms with Crippen molar-refractivity contribution in [3.05, 3.63) is 33.9 Å². The van der Waals surface area contributed by atoms with Crippen LogP contribution in [0.5, 0.6) is 0 Å². The third-order valence-corrected chi connectivity index (χ3v) is 3.60. The number of nitro benzene ring substituents is 1. The number of hydrogen-bond donors (Lipinski definition) is 1. The van der Waals surface area contributed by atoms with Crippen molar-refractivity contribution in [3.63, 3.8) is 0 Å². The number of hydrogen-bond acceptors (Lipinski definition) is 6. The van der Waals surface area contributed by atoms with Crippen LogP contribution in [-0.2, 0) is 11.3 Å². The molecule has 0 spiro atoms. The van der Waals surface area contributed by atoms with Crippen LogP contribution in [0.3, 0.4) is 0 Å². The highest BCUT2D eigenvalue weighted by molar-refractivity contribution is 8.14. The summed E-state index contributed by atoms with van der Waals surface area (Å²) < 4.78 is 0. The SMILES string of the molecule is CNc1c(CN2C(=O)CSC2=O)cccc1[N+](=O)[O-]. The normalized spacial score (nSPS) is 14.9. The highest BCUT2D eigenvalue weighted by Gasteiger charge is 2.31. The van der Waals surface area contributed by atoms with Crippen molar-refractivity contribution in [1.82, 2.24) is 4.90 Å². The quantitative estimate of drug-likeness (QED) is 0.668. The maximum absolute atomic E-state index is 11.5. The summed E-state index contributed by atoms with van der Waals surface area (Å²) >= 11 is 0.940. The molecule has 100 valence electrons. The maximum atomic E-state index is 11.5. The van der Waals surface area contributed by atoms with Gasteiger partial charge in [0.15, 0.2) is 0 Å². The topological polar surface area (TPSA) is 92.6 Å².